The van der Waals surface area contributed by atoms with E-state index in [2.05, 4.69) is 84.6 Å². The molecule has 2 rings (SSSR count). The van der Waals surface area contributed by atoms with Gasteiger partial charge in [0.2, 0.25) is 0 Å². The molecule has 34 heavy (non-hydrogen) atoms. The molecule has 0 aromatic rings. The standard InChI is InChI=1S/C27H51N3O4/c1-24(2)15-19(16-25(3,4)29(24)9)21(22(31)32)13-11-12-14-28-23(33)34-20-17-26(5,6)30(10)27(7,8)18-20/h19-21H,11-18H2,1-10H3,(H,28,33)(H,31,32). The van der Waals surface area contributed by atoms with Crippen LogP contribution >= 0.6 is 0 Å². The number of unbranched alkanes of at least 4 members (excludes halogenated alkanes) is 1. The third-order valence-corrected chi connectivity index (χ3v) is 8.98. The van der Waals surface area contributed by atoms with Crippen molar-refractivity contribution >= 4 is 12.1 Å². The van der Waals surface area contributed by atoms with Crippen LogP contribution < -0.4 is 5.32 Å². The first-order valence-corrected chi connectivity index (χ1v) is 13.0. The molecule has 0 saturated carbocycles. The number of carbonyl (C=O) groups is 2. The van der Waals surface area contributed by atoms with Gasteiger partial charge in [-0.2, -0.15) is 0 Å². The van der Waals surface area contributed by atoms with E-state index in [9.17, 15) is 14.7 Å². The number of carbonyl (C=O) groups excluding carboxylic acids is 1. The van der Waals surface area contributed by atoms with Crippen LogP contribution in [-0.2, 0) is 9.53 Å². The summed E-state index contributed by atoms with van der Waals surface area (Å²) in [5.41, 5.74) is -0.115. The van der Waals surface area contributed by atoms with Crippen molar-refractivity contribution in [2.24, 2.45) is 11.8 Å². The number of rotatable bonds is 8. The van der Waals surface area contributed by atoms with Gasteiger partial charge in [-0.3, -0.25) is 14.6 Å². The first-order chi connectivity index (χ1) is 15.4. The molecule has 0 aliphatic carbocycles. The number of piperidine rings is 2. The van der Waals surface area contributed by atoms with E-state index >= 15 is 0 Å². The van der Waals surface area contributed by atoms with E-state index in [0.29, 0.717) is 13.0 Å². The SMILES string of the molecule is CN1C(C)(C)CC(OC(=O)NCCCCC(C(=O)O)C2CC(C)(C)N(C)C(C)(C)C2)CC1(C)C. The maximum absolute atomic E-state index is 12.4. The summed E-state index contributed by atoms with van der Waals surface area (Å²) in [5.74, 6) is -0.878. The molecule has 2 saturated heterocycles. The average Bonchev–Trinajstić information content (AvgIpc) is 2.65. The Hall–Kier alpha value is -1.34. The summed E-state index contributed by atoms with van der Waals surface area (Å²) in [5, 5.41) is 12.8. The Kier molecular flexibility index (Phi) is 8.78. The zero-order valence-electron chi connectivity index (χ0n) is 23.5. The summed E-state index contributed by atoms with van der Waals surface area (Å²) < 4.78 is 5.75. The highest BCUT2D eigenvalue weighted by atomic mass is 16.6. The molecule has 0 bridgehead atoms. The topological polar surface area (TPSA) is 82.1 Å². The Morgan fingerprint density at radius 3 is 1.74 bits per heavy atom. The van der Waals surface area contributed by atoms with E-state index in [4.69, 9.17) is 4.74 Å². The number of likely N-dealkylation sites (tertiary alicyclic amines) is 2. The highest BCUT2D eigenvalue weighted by molar-refractivity contribution is 5.70. The minimum absolute atomic E-state index is 0.0253. The molecule has 2 aliphatic rings. The number of ether oxygens (including phenoxy) is 1. The second kappa shape index (κ2) is 10.3. The lowest BCUT2D eigenvalue weighted by atomic mass is 9.68. The van der Waals surface area contributed by atoms with Crippen molar-refractivity contribution in [1.82, 2.24) is 15.1 Å². The molecular weight excluding hydrogens is 430 g/mol. The fourth-order valence-corrected chi connectivity index (χ4v) is 6.53. The average molecular weight is 482 g/mol. The van der Waals surface area contributed by atoms with Crippen LogP contribution in [0.2, 0.25) is 0 Å². The molecule has 2 heterocycles. The Morgan fingerprint density at radius 2 is 1.29 bits per heavy atom. The Bertz CT molecular complexity index is 695. The van der Waals surface area contributed by atoms with Crippen molar-refractivity contribution in [3.8, 4) is 0 Å². The van der Waals surface area contributed by atoms with Crippen molar-refractivity contribution in [3.63, 3.8) is 0 Å². The molecule has 1 unspecified atom stereocenters. The molecule has 198 valence electrons. The first kappa shape index (κ1) is 28.9. The quantitative estimate of drug-likeness (QED) is 0.468. The molecule has 7 nitrogen and oxygen atoms in total. The van der Waals surface area contributed by atoms with Gasteiger partial charge in [0.05, 0.1) is 5.92 Å². The smallest absolute Gasteiger partial charge is 0.407 e. The summed E-state index contributed by atoms with van der Waals surface area (Å²) in [6.07, 6.45) is 5.10. The van der Waals surface area contributed by atoms with Gasteiger partial charge in [0, 0.05) is 41.5 Å². The Morgan fingerprint density at radius 1 is 0.853 bits per heavy atom. The van der Waals surface area contributed by atoms with E-state index < -0.39 is 5.97 Å². The van der Waals surface area contributed by atoms with Gasteiger partial charge in [0.1, 0.15) is 6.10 Å². The van der Waals surface area contributed by atoms with Crippen LogP contribution in [0.4, 0.5) is 4.79 Å². The Labute approximate surface area is 208 Å². The number of alkyl carbamates (subject to hydrolysis) is 1. The molecular formula is C27H51N3O4. The number of aliphatic carboxylic acids is 1. The summed E-state index contributed by atoms with van der Waals surface area (Å²) >= 11 is 0. The van der Waals surface area contributed by atoms with Gasteiger partial charge >= 0.3 is 12.1 Å². The lowest BCUT2D eigenvalue weighted by Crippen LogP contribution is -2.60. The van der Waals surface area contributed by atoms with Gasteiger partial charge < -0.3 is 15.2 Å². The molecule has 2 N–H and O–H groups in total. The number of nitrogens with one attached hydrogen (secondary N) is 1. The summed E-state index contributed by atoms with van der Waals surface area (Å²) in [7, 11) is 4.28. The molecule has 7 heteroatoms. The summed E-state index contributed by atoms with van der Waals surface area (Å²) in [4.78, 5) is 29.3. The third kappa shape index (κ3) is 6.87. The van der Waals surface area contributed by atoms with Gasteiger partial charge in [-0.05, 0) is 101 Å². The zero-order chi connectivity index (χ0) is 26.1. The van der Waals surface area contributed by atoms with Crippen LogP contribution in [0.15, 0.2) is 0 Å². The number of carboxylic acids is 1. The predicted octanol–water partition coefficient (Wildman–Crippen LogP) is 5.13. The number of nitrogens with zero attached hydrogens (tertiary/aromatic N) is 2. The minimum Gasteiger partial charge on any atom is -0.481 e. The molecule has 0 spiro atoms. The maximum atomic E-state index is 12.4. The zero-order valence-corrected chi connectivity index (χ0v) is 23.5. The van der Waals surface area contributed by atoms with Crippen molar-refractivity contribution in [2.45, 2.75) is 129 Å². The second-order valence-electron chi connectivity index (χ2n) is 13.3. The maximum Gasteiger partial charge on any atom is 0.407 e. The van der Waals surface area contributed by atoms with Crippen LogP contribution in [0.25, 0.3) is 0 Å². The fourth-order valence-electron chi connectivity index (χ4n) is 6.53. The van der Waals surface area contributed by atoms with Crippen LogP contribution in [0.1, 0.15) is 100 Å². The fraction of sp³-hybridized carbons (Fsp3) is 0.926. The molecule has 2 aliphatic heterocycles. The normalized spacial score (nSPS) is 26.1. The van der Waals surface area contributed by atoms with Crippen molar-refractivity contribution in [3.05, 3.63) is 0 Å². The van der Waals surface area contributed by atoms with Gasteiger partial charge in [-0.15, -0.1) is 0 Å². The molecule has 1 amide bonds. The summed E-state index contributed by atoms with van der Waals surface area (Å²) in [6.45, 7) is 18.1. The van der Waals surface area contributed by atoms with Crippen LogP contribution in [0.5, 0.6) is 0 Å². The predicted molar refractivity (Wildman–Crippen MR) is 137 cm³/mol. The lowest BCUT2D eigenvalue weighted by Gasteiger charge is -2.54. The van der Waals surface area contributed by atoms with E-state index in [0.717, 1.165) is 38.5 Å². The molecule has 0 aromatic carbocycles. The summed E-state index contributed by atoms with van der Waals surface area (Å²) in [6, 6.07) is 0. The van der Waals surface area contributed by atoms with Gasteiger partial charge in [0.25, 0.3) is 0 Å². The molecule has 0 radical (unpaired) electrons. The van der Waals surface area contributed by atoms with Crippen LogP contribution in [0, 0.1) is 11.8 Å². The highest BCUT2D eigenvalue weighted by Crippen LogP contribution is 2.44. The first-order valence-electron chi connectivity index (χ1n) is 13.0. The van der Waals surface area contributed by atoms with E-state index in [1.54, 1.807) is 0 Å². The van der Waals surface area contributed by atoms with Crippen molar-refractivity contribution in [2.75, 3.05) is 20.6 Å². The van der Waals surface area contributed by atoms with Gasteiger partial charge in [-0.25, -0.2) is 4.79 Å². The molecule has 1 atom stereocenters. The molecule has 2 fully saturated rings. The minimum atomic E-state index is -0.694. The largest absolute Gasteiger partial charge is 0.481 e. The van der Waals surface area contributed by atoms with Crippen LogP contribution in [-0.4, -0.2) is 75.9 Å². The van der Waals surface area contributed by atoms with Gasteiger partial charge in [-0.1, -0.05) is 6.42 Å². The number of amides is 1. The number of hydrogen-bond acceptors (Lipinski definition) is 5. The van der Waals surface area contributed by atoms with Crippen LogP contribution in [0.3, 0.4) is 0 Å². The van der Waals surface area contributed by atoms with Crippen molar-refractivity contribution in [1.29, 1.82) is 0 Å². The van der Waals surface area contributed by atoms with E-state index in [1.165, 1.54) is 0 Å². The lowest BCUT2D eigenvalue weighted by molar-refractivity contribution is -0.147. The Balaban J connectivity index is 1.80. The molecule has 0 aromatic heterocycles. The highest BCUT2D eigenvalue weighted by Gasteiger charge is 2.47. The number of carboxylic acid groups (broad SMARTS) is 1. The third-order valence-electron chi connectivity index (χ3n) is 8.98. The van der Waals surface area contributed by atoms with Crippen molar-refractivity contribution < 1.29 is 19.4 Å². The van der Waals surface area contributed by atoms with Gasteiger partial charge in [0.15, 0.2) is 0 Å². The van der Waals surface area contributed by atoms with E-state index in [-0.39, 0.29) is 46.2 Å². The monoisotopic (exact) mass is 481 g/mol. The number of hydrogen-bond donors (Lipinski definition) is 2. The van der Waals surface area contributed by atoms with E-state index in [1.807, 2.05) is 0 Å². The second-order valence-corrected chi connectivity index (χ2v) is 13.3.